The number of methoxy groups -OCH3 is 1. The molecule has 0 aliphatic heterocycles. The molecule has 27 heavy (non-hydrogen) atoms. The lowest BCUT2D eigenvalue weighted by atomic mass is 10.3. The van der Waals surface area contributed by atoms with Gasteiger partial charge in [0.05, 0.1) is 28.8 Å². The Morgan fingerprint density at radius 2 is 2.07 bits per heavy atom. The van der Waals surface area contributed by atoms with Crippen molar-refractivity contribution in [2.24, 2.45) is 0 Å². The lowest BCUT2D eigenvalue weighted by molar-refractivity contribution is -0.144. The van der Waals surface area contributed by atoms with Gasteiger partial charge in [0, 0.05) is 5.02 Å². The van der Waals surface area contributed by atoms with E-state index in [1.165, 1.54) is 30.2 Å². The maximum atomic E-state index is 12.0. The molecule has 0 unspecified atom stereocenters. The summed E-state index contributed by atoms with van der Waals surface area (Å²) in [6.07, 6.45) is 0. The lowest BCUT2D eigenvalue weighted by Gasteiger charge is -2.10. The number of nitrogens with zero attached hydrogens (tertiary/aromatic N) is 1. The third-order valence-electron chi connectivity index (χ3n) is 3.39. The standard InChI is InChI=1S/C18H15ClN2O4S2/c1-24-14-7-6-11(19)8-13(14)20-16(22)9-25-17(23)10-26-18-21-12-4-2-3-5-15(12)27-18/h2-8H,9-10H2,1H3,(H,20,22). The fourth-order valence-electron chi connectivity index (χ4n) is 2.19. The van der Waals surface area contributed by atoms with E-state index in [-0.39, 0.29) is 5.75 Å². The number of halogens is 1. The monoisotopic (exact) mass is 422 g/mol. The van der Waals surface area contributed by atoms with Crippen molar-refractivity contribution in [3.63, 3.8) is 0 Å². The minimum atomic E-state index is -0.493. The van der Waals surface area contributed by atoms with Crippen LogP contribution in [0.3, 0.4) is 0 Å². The maximum Gasteiger partial charge on any atom is 0.316 e. The van der Waals surface area contributed by atoms with Crippen molar-refractivity contribution in [2.75, 3.05) is 24.8 Å². The van der Waals surface area contributed by atoms with Crippen molar-refractivity contribution in [1.82, 2.24) is 4.98 Å². The highest BCUT2D eigenvalue weighted by atomic mass is 35.5. The first-order valence-electron chi connectivity index (χ1n) is 7.82. The third-order valence-corrected chi connectivity index (χ3v) is 5.78. The first-order chi connectivity index (χ1) is 13.0. The van der Waals surface area contributed by atoms with Gasteiger partial charge in [-0.15, -0.1) is 11.3 Å². The average molecular weight is 423 g/mol. The van der Waals surface area contributed by atoms with Crippen LogP contribution in [0.25, 0.3) is 10.2 Å². The Kier molecular flexibility index (Phi) is 6.54. The minimum absolute atomic E-state index is 0.0770. The van der Waals surface area contributed by atoms with Gasteiger partial charge in [-0.25, -0.2) is 4.98 Å². The molecule has 1 heterocycles. The number of rotatable bonds is 7. The van der Waals surface area contributed by atoms with Gasteiger partial charge in [-0.05, 0) is 30.3 Å². The number of carbonyl (C=O) groups is 2. The first kappa shape index (κ1) is 19.5. The molecule has 0 bridgehead atoms. The zero-order valence-electron chi connectivity index (χ0n) is 14.2. The van der Waals surface area contributed by atoms with Crippen molar-refractivity contribution >= 4 is 62.5 Å². The van der Waals surface area contributed by atoms with E-state index >= 15 is 0 Å². The van der Waals surface area contributed by atoms with Crippen molar-refractivity contribution in [1.29, 1.82) is 0 Å². The number of hydrogen-bond donors (Lipinski definition) is 1. The Bertz CT molecular complexity index is 944. The van der Waals surface area contributed by atoms with Crippen molar-refractivity contribution in [3.05, 3.63) is 47.5 Å². The number of para-hydroxylation sites is 1. The van der Waals surface area contributed by atoms with Gasteiger partial charge in [-0.3, -0.25) is 9.59 Å². The fraction of sp³-hybridized carbons (Fsp3) is 0.167. The van der Waals surface area contributed by atoms with Gasteiger partial charge in [-0.2, -0.15) is 0 Å². The number of thioether (sulfide) groups is 1. The number of aromatic nitrogens is 1. The predicted molar refractivity (Wildman–Crippen MR) is 108 cm³/mol. The average Bonchev–Trinajstić information content (AvgIpc) is 3.08. The summed E-state index contributed by atoms with van der Waals surface area (Å²) >= 11 is 8.70. The summed E-state index contributed by atoms with van der Waals surface area (Å²) in [7, 11) is 1.48. The number of ether oxygens (including phenoxy) is 2. The summed E-state index contributed by atoms with van der Waals surface area (Å²) in [5.41, 5.74) is 1.31. The second-order valence-corrected chi connectivity index (χ2v) is 7.98. The quantitative estimate of drug-likeness (QED) is 0.453. The number of amides is 1. The molecule has 0 saturated heterocycles. The predicted octanol–water partition coefficient (Wildman–Crippen LogP) is 4.23. The van der Waals surface area contributed by atoms with E-state index in [9.17, 15) is 9.59 Å². The van der Waals surface area contributed by atoms with Crippen LogP contribution >= 0.6 is 34.7 Å². The van der Waals surface area contributed by atoms with Crippen LogP contribution in [-0.4, -0.2) is 36.3 Å². The molecule has 0 saturated carbocycles. The van der Waals surface area contributed by atoms with Crippen molar-refractivity contribution in [3.8, 4) is 5.75 Å². The van der Waals surface area contributed by atoms with Crippen LogP contribution in [0.5, 0.6) is 5.75 Å². The molecule has 1 amide bonds. The van der Waals surface area contributed by atoms with Crippen LogP contribution in [0.1, 0.15) is 0 Å². The Hall–Kier alpha value is -2.29. The zero-order chi connectivity index (χ0) is 19.2. The molecular formula is C18H15ClN2O4S2. The second-order valence-electron chi connectivity index (χ2n) is 5.29. The van der Waals surface area contributed by atoms with Crippen LogP contribution < -0.4 is 10.1 Å². The highest BCUT2D eigenvalue weighted by Crippen LogP contribution is 2.29. The van der Waals surface area contributed by atoms with Crippen LogP contribution in [-0.2, 0) is 14.3 Å². The molecule has 0 radical (unpaired) electrons. The SMILES string of the molecule is COc1ccc(Cl)cc1NC(=O)COC(=O)CSc1nc2ccccc2s1. The number of benzene rings is 2. The lowest BCUT2D eigenvalue weighted by Crippen LogP contribution is -2.21. The molecule has 9 heteroatoms. The topological polar surface area (TPSA) is 77.5 Å². The van der Waals surface area contributed by atoms with E-state index in [4.69, 9.17) is 21.1 Å². The molecule has 0 atom stereocenters. The molecule has 3 rings (SSSR count). The second kappa shape index (κ2) is 9.07. The highest BCUT2D eigenvalue weighted by Gasteiger charge is 2.12. The minimum Gasteiger partial charge on any atom is -0.495 e. The smallest absolute Gasteiger partial charge is 0.316 e. The molecule has 2 aromatic carbocycles. The Morgan fingerprint density at radius 3 is 2.85 bits per heavy atom. The van der Waals surface area contributed by atoms with E-state index in [1.54, 1.807) is 18.2 Å². The van der Waals surface area contributed by atoms with Gasteiger partial charge < -0.3 is 14.8 Å². The summed E-state index contributed by atoms with van der Waals surface area (Å²) in [4.78, 5) is 28.3. The van der Waals surface area contributed by atoms with Crippen molar-refractivity contribution < 1.29 is 19.1 Å². The molecule has 0 aliphatic rings. The van der Waals surface area contributed by atoms with Gasteiger partial charge in [0.25, 0.3) is 5.91 Å². The molecule has 0 spiro atoms. The molecule has 0 aliphatic carbocycles. The number of nitrogens with one attached hydrogen (secondary N) is 1. The molecule has 1 aromatic heterocycles. The van der Waals surface area contributed by atoms with E-state index in [1.807, 2.05) is 24.3 Å². The molecular weight excluding hydrogens is 408 g/mol. The number of thiazole rings is 1. The molecule has 6 nitrogen and oxygen atoms in total. The van der Waals surface area contributed by atoms with Gasteiger partial charge in [0.15, 0.2) is 10.9 Å². The van der Waals surface area contributed by atoms with E-state index in [0.717, 1.165) is 14.6 Å². The zero-order valence-corrected chi connectivity index (χ0v) is 16.6. The summed E-state index contributed by atoms with van der Waals surface area (Å²) in [6.45, 7) is -0.394. The maximum absolute atomic E-state index is 12.0. The van der Waals surface area contributed by atoms with Gasteiger partial charge in [0.2, 0.25) is 0 Å². The Morgan fingerprint density at radius 1 is 1.26 bits per heavy atom. The van der Waals surface area contributed by atoms with Crippen LogP contribution in [0.4, 0.5) is 5.69 Å². The number of hydrogen-bond acceptors (Lipinski definition) is 7. The fourth-order valence-corrected chi connectivity index (χ4v) is 4.22. The van der Waals surface area contributed by atoms with E-state index in [2.05, 4.69) is 10.3 Å². The van der Waals surface area contributed by atoms with Gasteiger partial charge >= 0.3 is 5.97 Å². The normalized spacial score (nSPS) is 10.6. The summed E-state index contributed by atoms with van der Waals surface area (Å²) in [5, 5.41) is 3.06. The molecule has 140 valence electrons. The van der Waals surface area contributed by atoms with Crippen LogP contribution in [0, 0.1) is 0 Å². The van der Waals surface area contributed by atoms with Gasteiger partial charge in [-0.1, -0.05) is 35.5 Å². The highest BCUT2D eigenvalue weighted by molar-refractivity contribution is 8.01. The molecule has 3 aromatic rings. The number of carbonyl (C=O) groups excluding carboxylic acids is 2. The van der Waals surface area contributed by atoms with Crippen molar-refractivity contribution in [2.45, 2.75) is 4.34 Å². The number of esters is 1. The third kappa shape index (κ3) is 5.35. The Balaban J connectivity index is 1.47. The largest absolute Gasteiger partial charge is 0.495 e. The number of fused-ring (bicyclic) bond motifs is 1. The Labute approximate surface area is 168 Å². The molecule has 0 fully saturated rings. The summed E-state index contributed by atoms with van der Waals surface area (Å²) < 4.78 is 12.0. The molecule has 1 N–H and O–H groups in total. The first-order valence-corrected chi connectivity index (χ1v) is 10.0. The summed E-state index contributed by atoms with van der Waals surface area (Å²) in [5.74, 6) is -0.431. The van der Waals surface area contributed by atoms with Crippen LogP contribution in [0.15, 0.2) is 46.8 Å². The summed E-state index contributed by atoms with van der Waals surface area (Å²) in [6, 6.07) is 12.6. The van der Waals surface area contributed by atoms with E-state index < -0.39 is 18.5 Å². The van der Waals surface area contributed by atoms with Gasteiger partial charge in [0.1, 0.15) is 5.75 Å². The van der Waals surface area contributed by atoms with Crippen LogP contribution in [0.2, 0.25) is 5.02 Å². The van der Waals surface area contributed by atoms with E-state index in [0.29, 0.717) is 16.5 Å². The number of anilines is 1.